The number of aromatic nitrogens is 1. The van der Waals surface area contributed by atoms with Crippen molar-refractivity contribution in [1.82, 2.24) is 14.4 Å². The summed E-state index contributed by atoms with van der Waals surface area (Å²) in [4.78, 5) is 31.4. The van der Waals surface area contributed by atoms with Gasteiger partial charge in [0, 0.05) is 43.7 Å². The topological polar surface area (TPSA) is 54.8 Å². The van der Waals surface area contributed by atoms with Crippen molar-refractivity contribution in [2.24, 2.45) is 0 Å². The number of unbranched alkanes of at least 4 members (excludes halogenated alkanes) is 2. The van der Waals surface area contributed by atoms with E-state index in [0.29, 0.717) is 25.3 Å². The van der Waals surface area contributed by atoms with Crippen molar-refractivity contribution in [2.75, 3.05) is 26.8 Å². The Balaban J connectivity index is 1.49. The van der Waals surface area contributed by atoms with E-state index >= 15 is 0 Å². The van der Waals surface area contributed by atoms with Gasteiger partial charge < -0.3 is 19.1 Å². The Morgan fingerprint density at radius 1 is 0.902 bits per heavy atom. The second-order valence-corrected chi connectivity index (χ2v) is 11.3. The van der Waals surface area contributed by atoms with Gasteiger partial charge in [-0.15, -0.1) is 0 Å². The van der Waals surface area contributed by atoms with E-state index in [-0.39, 0.29) is 24.4 Å². The smallest absolute Gasteiger partial charge is 0.254 e. The standard InChI is InChI=1S/C35H47N3O3/c1-3-4-7-13-29-19-21-31(22-20-29)35(40)37(24-25-41-2)28-34(39)38(32-16-10-6-11-17-32)27-33-18-12-23-36(33)26-30-14-8-5-9-15-30/h5,8-9,12,14-15,18-23,32H,3-4,6-7,10-11,13,16-17,24-28H2,1-2H3. The van der Waals surface area contributed by atoms with Gasteiger partial charge in [-0.3, -0.25) is 9.59 Å². The van der Waals surface area contributed by atoms with Crippen LogP contribution in [0.1, 0.15) is 85.5 Å². The van der Waals surface area contributed by atoms with Crippen LogP contribution in [0.2, 0.25) is 0 Å². The van der Waals surface area contributed by atoms with E-state index in [2.05, 4.69) is 66.2 Å². The number of carbonyl (C=O) groups is 2. The first-order valence-electron chi connectivity index (χ1n) is 15.4. The number of benzene rings is 2. The van der Waals surface area contributed by atoms with Crippen LogP contribution in [0.4, 0.5) is 0 Å². The molecular weight excluding hydrogens is 510 g/mol. The highest BCUT2D eigenvalue weighted by Crippen LogP contribution is 2.25. The van der Waals surface area contributed by atoms with Gasteiger partial charge in [0.05, 0.1) is 13.2 Å². The molecule has 0 radical (unpaired) electrons. The number of nitrogens with zero attached hydrogens (tertiary/aromatic N) is 3. The normalized spacial score (nSPS) is 13.7. The summed E-state index contributed by atoms with van der Waals surface area (Å²) in [6.45, 7) is 4.33. The monoisotopic (exact) mass is 557 g/mol. The number of carbonyl (C=O) groups excluding carboxylic acids is 2. The van der Waals surface area contributed by atoms with Gasteiger partial charge in [-0.05, 0) is 61.1 Å². The SMILES string of the molecule is CCCCCc1ccc(C(=O)N(CCOC)CC(=O)N(Cc2cccn2Cc2ccccc2)C2CCCCC2)cc1. The maximum Gasteiger partial charge on any atom is 0.254 e. The number of ether oxygens (including phenoxy) is 1. The fourth-order valence-electron chi connectivity index (χ4n) is 5.80. The molecule has 1 aliphatic rings. The Hall–Kier alpha value is -3.38. The van der Waals surface area contributed by atoms with Crippen molar-refractivity contribution in [3.05, 3.63) is 95.3 Å². The van der Waals surface area contributed by atoms with Crippen LogP contribution in [0.15, 0.2) is 72.9 Å². The summed E-state index contributed by atoms with van der Waals surface area (Å²) >= 11 is 0. The van der Waals surface area contributed by atoms with Crippen LogP contribution in [0, 0.1) is 0 Å². The lowest BCUT2D eigenvalue weighted by atomic mass is 9.94. The molecule has 3 aromatic rings. The molecule has 1 aliphatic carbocycles. The van der Waals surface area contributed by atoms with Crippen molar-refractivity contribution in [2.45, 2.75) is 83.8 Å². The Labute approximate surface area is 246 Å². The summed E-state index contributed by atoms with van der Waals surface area (Å²) in [6.07, 6.45) is 12.2. The lowest BCUT2D eigenvalue weighted by molar-refractivity contribution is -0.136. The molecule has 1 aromatic heterocycles. The van der Waals surface area contributed by atoms with Crippen LogP contribution in [0.5, 0.6) is 0 Å². The molecule has 0 unspecified atom stereocenters. The summed E-state index contributed by atoms with van der Waals surface area (Å²) < 4.78 is 7.56. The van der Waals surface area contributed by atoms with Gasteiger partial charge in [-0.1, -0.05) is 81.5 Å². The van der Waals surface area contributed by atoms with E-state index in [1.807, 2.05) is 23.1 Å². The fraction of sp³-hybridized carbons (Fsp3) is 0.486. The molecular formula is C35H47N3O3. The first-order valence-corrected chi connectivity index (χ1v) is 15.4. The average Bonchev–Trinajstić information content (AvgIpc) is 3.45. The Morgan fingerprint density at radius 3 is 2.37 bits per heavy atom. The van der Waals surface area contributed by atoms with E-state index in [4.69, 9.17) is 4.74 Å². The van der Waals surface area contributed by atoms with E-state index < -0.39 is 0 Å². The third-order valence-electron chi connectivity index (χ3n) is 8.24. The Kier molecular flexibility index (Phi) is 12.1. The largest absolute Gasteiger partial charge is 0.383 e. The second kappa shape index (κ2) is 16.2. The number of amides is 2. The highest BCUT2D eigenvalue weighted by atomic mass is 16.5. The predicted octanol–water partition coefficient (Wildman–Crippen LogP) is 6.72. The molecule has 41 heavy (non-hydrogen) atoms. The molecule has 6 heteroatoms. The van der Waals surface area contributed by atoms with Gasteiger partial charge in [0.1, 0.15) is 6.54 Å². The second-order valence-electron chi connectivity index (χ2n) is 11.3. The highest BCUT2D eigenvalue weighted by Gasteiger charge is 2.29. The van der Waals surface area contributed by atoms with Crippen LogP contribution in [0.25, 0.3) is 0 Å². The molecule has 0 saturated heterocycles. The quantitative estimate of drug-likeness (QED) is 0.195. The molecule has 1 heterocycles. The molecule has 0 spiro atoms. The van der Waals surface area contributed by atoms with Crippen molar-refractivity contribution < 1.29 is 14.3 Å². The number of aryl methyl sites for hydroxylation is 1. The van der Waals surface area contributed by atoms with Crippen molar-refractivity contribution in [3.63, 3.8) is 0 Å². The number of hydrogen-bond acceptors (Lipinski definition) is 3. The van der Waals surface area contributed by atoms with Crippen LogP contribution < -0.4 is 0 Å². The summed E-state index contributed by atoms with van der Waals surface area (Å²) in [5.41, 5.74) is 4.21. The van der Waals surface area contributed by atoms with Gasteiger partial charge >= 0.3 is 0 Å². The third kappa shape index (κ3) is 9.06. The molecule has 2 amide bonds. The minimum atomic E-state index is -0.119. The highest BCUT2D eigenvalue weighted by molar-refractivity contribution is 5.96. The Bertz CT molecular complexity index is 1200. The molecule has 6 nitrogen and oxygen atoms in total. The first kappa shape index (κ1) is 30.6. The molecule has 0 bridgehead atoms. The van der Waals surface area contributed by atoms with Crippen molar-refractivity contribution in [1.29, 1.82) is 0 Å². The minimum Gasteiger partial charge on any atom is -0.383 e. The van der Waals surface area contributed by atoms with E-state index in [1.54, 1.807) is 12.0 Å². The van der Waals surface area contributed by atoms with Crippen molar-refractivity contribution >= 4 is 11.8 Å². The summed E-state index contributed by atoms with van der Waals surface area (Å²) in [5.74, 6) is -0.114. The zero-order chi connectivity index (χ0) is 28.9. The predicted molar refractivity (Wildman–Crippen MR) is 165 cm³/mol. The van der Waals surface area contributed by atoms with Gasteiger partial charge in [0.2, 0.25) is 5.91 Å². The average molecular weight is 558 g/mol. The van der Waals surface area contributed by atoms with E-state index in [0.717, 1.165) is 50.8 Å². The molecule has 1 saturated carbocycles. The molecule has 1 fully saturated rings. The van der Waals surface area contributed by atoms with Gasteiger partial charge in [-0.2, -0.15) is 0 Å². The zero-order valence-electron chi connectivity index (χ0n) is 25.0. The molecule has 0 atom stereocenters. The van der Waals surface area contributed by atoms with Crippen LogP contribution in [-0.4, -0.2) is 59.0 Å². The van der Waals surface area contributed by atoms with Gasteiger partial charge in [0.15, 0.2) is 0 Å². The van der Waals surface area contributed by atoms with Crippen molar-refractivity contribution in [3.8, 4) is 0 Å². The van der Waals surface area contributed by atoms with E-state index in [1.165, 1.54) is 30.4 Å². The molecule has 4 rings (SSSR count). The van der Waals surface area contributed by atoms with Crippen LogP contribution in [-0.2, 0) is 29.0 Å². The fourth-order valence-corrected chi connectivity index (χ4v) is 5.80. The number of rotatable bonds is 15. The summed E-state index contributed by atoms with van der Waals surface area (Å²) in [5, 5.41) is 0. The molecule has 2 aromatic carbocycles. The van der Waals surface area contributed by atoms with E-state index in [9.17, 15) is 9.59 Å². The van der Waals surface area contributed by atoms with Gasteiger partial charge in [-0.25, -0.2) is 0 Å². The Morgan fingerprint density at radius 2 is 1.66 bits per heavy atom. The lowest BCUT2D eigenvalue weighted by Gasteiger charge is -2.36. The minimum absolute atomic E-state index is 0.00463. The summed E-state index contributed by atoms with van der Waals surface area (Å²) in [6, 6.07) is 22.7. The molecule has 220 valence electrons. The molecule has 0 N–H and O–H groups in total. The molecule has 0 aliphatic heterocycles. The maximum absolute atomic E-state index is 14.0. The maximum atomic E-state index is 14.0. The van der Waals surface area contributed by atoms with Crippen LogP contribution >= 0.6 is 0 Å². The number of methoxy groups -OCH3 is 1. The summed E-state index contributed by atoms with van der Waals surface area (Å²) in [7, 11) is 1.63. The van der Waals surface area contributed by atoms with Gasteiger partial charge in [0.25, 0.3) is 5.91 Å². The third-order valence-corrected chi connectivity index (χ3v) is 8.24. The zero-order valence-corrected chi connectivity index (χ0v) is 25.0. The lowest BCUT2D eigenvalue weighted by Crippen LogP contribution is -2.48. The first-order chi connectivity index (χ1) is 20.1. The number of hydrogen-bond donors (Lipinski definition) is 0. The van der Waals surface area contributed by atoms with Crippen LogP contribution in [0.3, 0.4) is 0 Å².